The summed E-state index contributed by atoms with van der Waals surface area (Å²) < 4.78 is 1.88. The molecule has 2 aromatic rings. The zero-order chi connectivity index (χ0) is 18.4. The van der Waals surface area contributed by atoms with E-state index in [1.165, 1.54) is 11.8 Å². The molecular weight excluding hydrogens is 336 g/mol. The summed E-state index contributed by atoms with van der Waals surface area (Å²) in [5.74, 6) is -0.105. The molecule has 2 N–H and O–H groups in total. The Kier molecular flexibility index (Phi) is 6.64. The smallest absolute Gasteiger partial charge is 0.242 e. The van der Waals surface area contributed by atoms with Crippen molar-refractivity contribution in [1.82, 2.24) is 20.4 Å². The van der Waals surface area contributed by atoms with E-state index in [-0.39, 0.29) is 17.6 Å². The van der Waals surface area contributed by atoms with Crippen molar-refractivity contribution in [1.29, 1.82) is 0 Å². The maximum absolute atomic E-state index is 12.1. The molecule has 2 rings (SSSR count). The lowest BCUT2D eigenvalue weighted by Gasteiger charge is -2.13. The molecule has 134 valence electrons. The molecule has 25 heavy (non-hydrogen) atoms. The van der Waals surface area contributed by atoms with E-state index in [0.717, 1.165) is 22.0 Å². The van der Waals surface area contributed by atoms with Crippen LogP contribution in [-0.4, -0.2) is 39.9 Å². The number of rotatable bonds is 7. The van der Waals surface area contributed by atoms with Gasteiger partial charge < -0.3 is 10.6 Å². The highest BCUT2D eigenvalue weighted by atomic mass is 32.2. The fourth-order valence-corrected chi connectivity index (χ4v) is 3.38. The molecule has 1 heterocycles. The topological polar surface area (TPSA) is 76.0 Å². The number of aromatic nitrogens is 2. The summed E-state index contributed by atoms with van der Waals surface area (Å²) in [6, 6.07) is 9.35. The molecule has 0 radical (unpaired) electrons. The Morgan fingerprint density at radius 2 is 1.92 bits per heavy atom. The van der Waals surface area contributed by atoms with Gasteiger partial charge in [-0.2, -0.15) is 5.10 Å². The largest absolute Gasteiger partial charge is 0.355 e. The van der Waals surface area contributed by atoms with Gasteiger partial charge in [-0.05, 0) is 39.8 Å². The number of aryl methyl sites for hydroxylation is 1. The Labute approximate surface area is 152 Å². The van der Waals surface area contributed by atoms with Gasteiger partial charge >= 0.3 is 0 Å². The van der Waals surface area contributed by atoms with Gasteiger partial charge in [-0.15, -0.1) is 11.8 Å². The van der Waals surface area contributed by atoms with Crippen LogP contribution in [0.5, 0.6) is 0 Å². The van der Waals surface area contributed by atoms with Crippen LogP contribution in [0.4, 0.5) is 0 Å². The van der Waals surface area contributed by atoms with Crippen molar-refractivity contribution in [3.8, 4) is 5.69 Å². The van der Waals surface area contributed by atoms with Gasteiger partial charge in [-0.1, -0.05) is 18.2 Å². The molecule has 0 aliphatic heterocycles. The summed E-state index contributed by atoms with van der Waals surface area (Å²) in [4.78, 5) is 24.8. The number of hydrogen-bond acceptors (Lipinski definition) is 4. The Balaban J connectivity index is 2.01. The molecule has 0 aliphatic carbocycles. The highest BCUT2D eigenvalue weighted by Crippen LogP contribution is 2.27. The van der Waals surface area contributed by atoms with E-state index in [4.69, 9.17) is 0 Å². The number of thioether (sulfide) groups is 1. The predicted molar refractivity (Wildman–Crippen MR) is 100 cm³/mol. The van der Waals surface area contributed by atoms with Gasteiger partial charge in [0.15, 0.2) is 0 Å². The third kappa shape index (κ3) is 4.85. The molecule has 0 fully saturated rings. The number of amides is 2. The average molecular weight is 360 g/mol. The van der Waals surface area contributed by atoms with E-state index in [9.17, 15) is 9.59 Å². The van der Waals surface area contributed by atoms with E-state index in [2.05, 4.69) is 15.7 Å². The first-order valence-electron chi connectivity index (χ1n) is 8.25. The van der Waals surface area contributed by atoms with Crippen LogP contribution in [0.3, 0.4) is 0 Å². The first kappa shape index (κ1) is 19.1. The second kappa shape index (κ2) is 8.71. The first-order chi connectivity index (χ1) is 11.9. The minimum Gasteiger partial charge on any atom is -0.355 e. The number of benzene rings is 1. The van der Waals surface area contributed by atoms with Crippen LogP contribution >= 0.6 is 11.8 Å². The maximum atomic E-state index is 12.1. The van der Waals surface area contributed by atoms with Crippen molar-refractivity contribution in [2.24, 2.45) is 0 Å². The van der Waals surface area contributed by atoms with Crippen molar-refractivity contribution in [3.05, 3.63) is 41.7 Å². The van der Waals surface area contributed by atoms with E-state index < -0.39 is 6.04 Å². The Morgan fingerprint density at radius 3 is 2.56 bits per heavy atom. The Hall–Kier alpha value is -2.28. The Bertz CT molecular complexity index is 743. The minimum atomic E-state index is -0.540. The van der Waals surface area contributed by atoms with Gasteiger partial charge in [-0.3, -0.25) is 9.59 Å². The third-order valence-electron chi connectivity index (χ3n) is 3.70. The van der Waals surface area contributed by atoms with Gasteiger partial charge in [0.25, 0.3) is 0 Å². The van der Waals surface area contributed by atoms with Crippen LogP contribution in [-0.2, 0) is 9.59 Å². The molecule has 1 aromatic heterocycles. The van der Waals surface area contributed by atoms with Crippen molar-refractivity contribution in [3.63, 3.8) is 0 Å². The number of hydrogen-bond donors (Lipinski definition) is 2. The lowest BCUT2D eigenvalue weighted by molar-refractivity contribution is -0.127. The summed E-state index contributed by atoms with van der Waals surface area (Å²) in [6.07, 6.45) is 0. The van der Waals surface area contributed by atoms with Crippen LogP contribution in [0.1, 0.15) is 25.2 Å². The zero-order valence-corrected chi connectivity index (χ0v) is 15.8. The fraction of sp³-hybridized carbons (Fsp3) is 0.389. The zero-order valence-electron chi connectivity index (χ0n) is 15.0. The molecular formula is C18H24N4O2S. The summed E-state index contributed by atoms with van der Waals surface area (Å²) >= 11 is 1.44. The molecule has 0 saturated carbocycles. The second-order valence-electron chi connectivity index (χ2n) is 5.72. The van der Waals surface area contributed by atoms with Crippen molar-refractivity contribution >= 4 is 23.6 Å². The van der Waals surface area contributed by atoms with Gasteiger partial charge in [0.1, 0.15) is 6.04 Å². The number of likely N-dealkylation sites (N-methyl/N-ethyl adjacent to an activating group) is 1. The molecule has 1 atom stereocenters. The lowest BCUT2D eigenvalue weighted by Crippen LogP contribution is -2.45. The summed E-state index contributed by atoms with van der Waals surface area (Å²) in [7, 11) is 0. The standard InChI is InChI=1S/C18H24N4O2S/c1-5-19-18(24)13(3)20-16(23)11-25-17-12(2)21-22(14(17)4)15-9-7-6-8-10-15/h6-10,13H,5,11H2,1-4H3,(H,19,24)(H,20,23)/t13-/m1/s1. The van der Waals surface area contributed by atoms with E-state index in [1.807, 2.05) is 55.8 Å². The molecule has 1 aromatic carbocycles. The molecule has 0 bridgehead atoms. The van der Waals surface area contributed by atoms with Crippen LogP contribution in [0.15, 0.2) is 35.2 Å². The number of nitrogens with one attached hydrogen (secondary N) is 2. The normalized spacial score (nSPS) is 11.8. The van der Waals surface area contributed by atoms with E-state index in [0.29, 0.717) is 6.54 Å². The SMILES string of the molecule is CCNC(=O)[C@@H](C)NC(=O)CSc1c(C)nn(-c2ccccc2)c1C. The molecule has 0 aliphatic rings. The van der Waals surface area contributed by atoms with Crippen LogP contribution < -0.4 is 10.6 Å². The second-order valence-corrected chi connectivity index (χ2v) is 6.71. The molecule has 2 amide bonds. The van der Waals surface area contributed by atoms with Crippen LogP contribution in [0, 0.1) is 13.8 Å². The monoisotopic (exact) mass is 360 g/mol. The summed E-state index contributed by atoms with van der Waals surface area (Å²) in [5, 5.41) is 9.98. The Morgan fingerprint density at radius 1 is 1.24 bits per heavy atom. The van der Waals surface area contributed by atoms with Gasteiger partial charge in [0.2, 0.25) is 11.8 Å². The highest BCUT2D eigenvalue weighted by molar-refractivity contribution is 8.00. The average Bonchev–Trinajstić information content (AvgIpc) is 2.88. The van der Waals surface area contributed by atoms with Crippen LogP contribution in [0.25, 0.3) is 5.69 Å². The van der Waals surface area contributed by atoms with E-state index in [1.54, 1.807) is 6.92 Å². The van der Waals surface area contributed by atoms with Crippen molar-refractivity contribution in [2.75, 3.05) is 12.3 Å². The van der Waals surface area contributed by atoms with Gasteiger partial charge in [0.05, 0.1) is 27.7 Å². The quantitative estimate of drug-likeness (QED) is 0.743. The summed E-state index contributed by atoms with van der Waals surface area (Å²) in [6.45, 7) is 8.00. The number of nitrogens with zero attached hydrogens (tertiary/aromatic N) is 2. The molecule has 0 saturated heterocycles. The maximum Gasteiger partial charge on any atom is 0.242 e. The third-order valence-corrected chi connectivity index (χ3v) is 4.98. The summed E-state index contributed by atoms with van der Waals surface area (Å²) in [5.41, 5.74) is 2.87. The number of carbonyl (C=O) groups excluding carboxylic acids is 2. The molecule has 7 heteroatoms. The highest BCUT2D eigenvalue weighted by Gasteiger charge is 2.17. The fourth-order valence-electron chi connectivity index (χ4n) is 2.47. The predicted octanol–water partition coefficient (Wildman–Crippen LogP) is 2.22. The lowest BCUT2D eigenvalue weighted by atomic mass is 10.3. The number of para-hydroxylation sites is 1. The van der Waals surface area contributed by atoms with Gasteiger partial charge in [0, 0.05) is 6.54 Å². The van der Waals surface area contributed by atoms with Crippen molar-refractivity contribution < 1.29 is 9.59 Å². The van der Waals surface area contributed by atoms with Crippen molar-refractivity contribution in [2.45, 2.75) is 38.6 Å². The minimum absolute atomic E-state index is 0.171. The van der Waals surface area contributed by atoms with E-state index >= 15 is 0 Å². The van der Waals surface area contributed by atoms with Crippen LogP contribution in [0.2, 0.25) is 0 Å². The van der Waals surface area contributed by atoms with Gasteiger partial charge in [-0.25, -0.2) is 4.68 Å². The number of carbonyl (C=O) groups is 2. The molecule has 0 spiro atoms. The first-order valence-corrected chi connectivity index (χ1v) is 9.24. The molecule has 6 nitrogen and oxygen atoms in total. The molecule has 0 unspecified atom stereocenters.